The Kier molecular flexibility index (Phi) is 3.00. The van der Waals surface area contributed by atoms with Crippen LogP contribution in [0.15, 0.2) is 41.0 Å². The lowest BCUT2D eigenvalue weighted by atomic mass is 10.2. The zero-order valence-electron chi connectivity index (χ0n) is 9.19. The molecular weight excluding hydrogens is 206 g/mol. The predicted octanol–water partition coefficient (Wildman–Crippen LogP) is 3.04. The van der Waals surface area contributed by atoms with E-state index in [0.29, 0.717) is 11.6 Å². The van der Waals surface area contributed by atoms with Gasteiger partial charge in [0.25, 0.3) is 0 Å². The summed E-state index contributed by atoms with van der Waals surface area (Å²) < 4.78 is 15.6. The molecule has 16 heavy (non-hydrogen) atoms. The van der Waals surface area contributed by atoms with Crippen molar-refractivity contribution < 1.29 is 13.9 Å². The van der Waals surface area contributed by atoms with Crippen LogP contribution in [-0.2, 0) is 0 Å². The quantitative estimate of drug-likeness (QED) is 0.858. The van der Waals surface area contributed by atoms with E-state index in [1.165, 1.54) is 0 Å². The number of anilines is 2. The Morgan fingerprint density at radius 2 is 2.00 bits per heavy atom. The van der Waals surface area contributed by atoms with Gasteiger partial charge in [-0.2, -0.15) is 0 Å². The molecule has 1 N–H and O–H groups in total. The van der Waals surface area contributed by atoms with E-state index in [4.69, 9.17) is 13.9 Å². The maximum atomic E-state index is 5.25. The average Bonchev–Trinajstić information content (AvgIpc) is 2.82. The van der Waals surface area contributed by atoms with Crippen molar-refractivity contribution in [3.63, 3.8) is 0 Å². The lowest BCUT2D eigenvalue weighted by Gasteiger charge is -2.10. The van der Waals surface area contributed by atoms with Gasteiger partial charge in [-0.3, -0.25) is 0 Å². The summed E-state index contributed by atoms with van der Waals surface area (Å²) in [6.45, 7) is 0. The van der Waals surface area contributed by atoms with Gasteiger partial charge in [0.2, 0.25) is 0 Å². The van der Waals surface area contributed by atoms with Crippen molar-refractivity contribution in [1.82, 2.24) is 0 Å². The van der Waals surface area contributed by atoms with Crippen LogP contribution in [-0.4, -0.2) is 14.2 Å². The number of rotatable bonds is 4. The van der Waals surface area contributed by atoms with Gasteiger partial charge in [-0.15, -0.1) is 0 Å². The first-order chi connectivity index (χ1) is 7.83. The molecule has 0 radical (unpaired) electrons. The highest BCUT2D eigenvalue weighted by atomic mass is 16.5. The minimum atomic E-state index is 0.670. The topological polar surface area (TPSA) is 43.6 Å². The van der Waals surface area contributed by atoms with Gasteiger partial charge in [0.15, 0.2) is 5.88 Å². The third-order valence-corrected chi connectivity index (χ3v) is 2.19. The lowest BCUT2D eigenvalue weighted by molar-refractivity contribution is 0.395. The predicted molar refractivity (Wildman–Crippen MR) is 61.5 cm³/mol. The van der Waals surface area contributed by atoms with E-state index in [0.717, 1.165) is 11.4 Å². The monoisotopic (exact) mass is 219 g/mol. The Bertz CT molecular complexity index is 451. The second kappa shape index (κ2) is 4.61. The molecule has 0 aliphatic carbocycles. The van der Waals surface area contributed by atoms with Crippen LogP contribution in [0, 0.1) is 0 Å². The van der Waals surface area contributed by atoms with E-state index < -0.39 is 0 Å². The van der Waals surface area contributed by atoms with E-state index >= 15 is 0 Å². The number of methoxy groups -OCH3 is 2. The van der Waals surface area contributed by atoms with Crippen molar-refractivity contribution in [2.45, 2.75) is 0 Å². The van der Waals surface area contributed by atoms with Gasteiger partial charge in [-0.05, 0) is 18.2 Å². The normalized spacial score (nSPS) is 9.88. The average molecular weight is 219 g/mol. The first-order valence-corrected chi connectivity index (χ1v) is 4.86. The minimum Gasteiger partial charge on any atom is -0.497 e. The number of hydrogen-bond acceptors (Lipinski definition) is 4. The molecule has 0 aliphatic heterocycles. The number of hydrogen-bond donors (Lipinski definition) is 1. The second-order valence-electron chi connectivity index (χ2n) is 3.17. The van der Waals surface area contributed by atoms with Crippen LogP contribution in [0.4, 0.5) is 11.6 Å². The zero-order valence-corrected chi connectivity index (χ0v) is 9.19. The van der Waals surface area contributed by atoms with E-state index in [1.54, 1.807) is 20.5 Å². The molecule has 0 bridgehead atoms. The molecule has 4 nitrogen and oxygen atoms in total. The third-order valence-electron chi connectivity index (χ3n) is 2.19. The largest absolute Gasteiger partial charge is 0.497 e. The van der Waals surface area contributed by atoms with Crippen LogP contribution in [0.1, 0.15) is 0 Å². The molecule has 1 aromatic heterocycles. The molecule has 0 saturated carbocycles. The third kappa shape index (κ3) is 2.11. The number of nitrogens with one attached hydrogen (secondary N) is 1. The maximum absolute atomic E-state index is 5.25. The Labute approximate surface area is 93.8 Å². The summed E-state index contributed by atoms with van der Waals surface area (Å²) in [6, 6.07) is 9.20. The number of benzene rings is 1. The molecule has 0 amide bonds. The highest BCUT2D eigenvalue weighted by Crippen LogP contribution is 2.31. The number of furan rings is 1. The first kappa shape index (κ1) is 10.4. The molecule has 4 heteroatoms. The van der Waals surface area contributed by atoms with E-state index in [1.807, 2.05) is 30.3 Å². The highest BCUT2D eigenvalue weighted by Gasteiger charge is 2.05. The van der Waals surface area contributed by atoms with Crippen LogP contribution >= 0.6 is 0 Å². The van der Waals surface area contributed by atoms with Gasteiger partial charge in [0.1, 0.15) is 11.5 Å². The van der Waals surface area contributed by atoms with Crippen molar-refractivity contribution >= 4 is 11.6 Å². The van der Waals surface area contributed by atoms with Gasteiger partial charge in [-0.1, -0.05) is 0 Å². The summed E-state index contributed by atoms with van der Waals surface area (Å²) in [6.07, 6.45) is 1.61. The van der Waals surface area contributed by atoms with Crippen LogP contribution in [0.3, 0.4) is 0 Å². The molecule has 0 saturated heterocycles. The fourth-order valence-corrected chi connectivity index (χ4v) is 1.38. The fourth-order valence-electron chi connectivity index (χ4n) is 1.38. The molecule has 1 aromatic carbocycles. The molecule has 84 valence electrons. The van der Waals surface area contributed by atoms with Crippen LogP contribution in [0.5, 0.6) is 11.5 Å². The van der Waals surface area contributed by atoms with Gasteiger partial charge in [-0.25, -0.2) is 0 Å². The molecule has 2 aromatic rings. The van der Waals surface area contributed by atoms with Crippen LogP contribution in [0.25, 0.3) is 0 Å². The smallest absolute Gasteiger partial charge is 0.197 e. The molecule has 2 rings (SSSR count). The van der Waals surface area contributed by atoms with E-state index in [9.17, 15) is 0 Å². The molecule has 0 spiro atoms. The molecule has 0 atom stereocenters. The highest BCUT2D eigenvalue weighted by molar-refractivity contribution is 5.65. The van der Waals surface area contributed by atoms with Crippen LogP contribution in [0.2, 0.25) is 0 Å². The van der Waals surface area contributed by atoms with Crippen molar-refractivity contribution in [2.75, 3.05) is 19.5 Å². The summed E-state index contributed by atoms with van der Waals surface area (Å²) in [7, 11) is 3.23. The maximum Gasteiger partial charge on any atom is 0.197 e. The zero-order chi connectivity index (χ0) is 11.4. The van der Waals surface area contributed by atoms with Crippen molar-refractivity contribution in [3.8, 4) is 11.5 Å². The Balaban J connectivity index is 2.26. The molecule has 0 unspecified atom stereocenters. The van der Waals surface area contributed by atoms with Gasteiger partial charge in [0.05, 0.1) is 26.2 Å². The van der Waals surface area contributed by atoms with Gasteiger partial charge < -0.3 is 19.2 Å². The summed E-state index contributed by atoms with van der Waals surface area (Å²) in [5.74, 6) is 2.13. The summed E-state index contributed by atoms with van der Waals surface area (Å²) in [5.41, 5.74) is 0.832. The van der Waals surface area contributed by atoms with Crippen molar-refractivity contribution in [3.05, 3.63) is 36.6 Å². The summed E-state index contributed by atoms with van der Waals surface area (Å²) >= 11 is 0. The molecule has 0 aliphatic rings. The standard InChI is InChI=1S/C12H13NO3/c1-14-9-5-6-10(11(8-9)15-2)13-12-4-3-7-16-12/h3-8,13H,1-2H3. The molecule has 0 fully saturated rings. The fraction of sp³-hybridized carbons (Fsp3) is 0.167. The van der Waals surface area contributed by atoms with Crippen molar-refractivity contribution in [1.29, 1.82) is 0 Å². The minimum absolute atomic E-state index is 0.670. The SMILES string of the molecule is COc1ccc(Nc2ccco2)c(OC)c1. The summed E-state index contributed by atoms with van der Waals surface area (Å²) in [4.78, 5) is 0. The van der Waals surface area contributed by atoms with E-state index in [-0.39, 0.29) is 0 Å². The Morgan fingerprint density at radius 1 is 1.12 bits per heavy atom. The molecular formula is C12H13NO3. The van der Waals surface area contributed by atoms with E-state index in [2.05, 4.69) is 5.32 Å². The van der Waals surface area contributed by atoms with Gasteiger partial charge >= 0.3 is 0 Å². The summed E-state index contributed by atoms with van der Waals surface area (Å²) in [5, 5.41) is 3.11. The second-order valence-corrected chi connectivity index (χ2v) is 3.17. The Hall–Kier alpha value is -2.10. The number of ether oxygens (including phenoxy) is 2. The molecule has 1 heterocycles. The van der Waals surface area contributed by atoms with Crippen molar-refractivity contribution in [2.24, 2.45) is 0 Å². The Morgan fingerprint density at radius 3 is 2.62 bits per heavy atom. The van der Waals surface area contributed by atoms with Gasteiger partial charge in [0, 0.05) is 12.1 Å². The lowest BCUT2D eigenvalue weighted by Crippen LogP contribution is -1.94. The first-order valence-electron chi connectivity index (χ1n) is 4.86. The van der Waals surface area contributed by atoms with Crippen LogP contribution < -0.4 is 14.8 Å².